The van der Waals surface area contributed by atoms with Gasteiger partial charge in [0.1, 0.15) is 12.7 Å². The molecule has 27 heavy (non-hydrogen) atoms. The van der Waals surface area contributed by atoms with Crippen LogP contribution in [0.4, 0.5) is 0 Å². The van der Waals surface area contributed by atoms with Crippen molar-refractivity contribution in [1.82, 2.24) is 20.3 Å². The fourth-order valence-electron chi connectivity index (χ4n) is 2.86. The molecule has 1 atom stereocenters. The van der Waals surface area contributed by atoms with Gasteiger partial charge >= 0.3 is 0 Å². The number of aryl methyl sites for hydroxylation is 2. The predicted octanol–water partition coefficient (Wildman–Crippen LogP) is 2.09. The van der Waals surface area contributed by atoms with E-state index in [4.69, 9.17) is 9.47 Å². The van der Waals surface area contributed by atoms with E-state index in [1.165, 1.54) is 5.56 Å². The molecule has 0 spiro atoms. The first-order chi connectivity index (χ1) is 13.3. The van der Waals surface area contributed by atoms with Gasteiger partial charge in [-0.1, -0.05) is 47.7 Å². The Kier molecular flexibility index (Phi) is 5.00. The van der Waals surface area contributed by atoms with Gasteiger partial charge in [-0.3, -0.25) is 9.48 Å². The number of nitrogens with one attached hydrogen (secondary N) is 1. The van der Waals surface area contributed by atoms with Crippen LogP contribution in [0.1, 0.15) is 16.1 Å². The Morgan fingerprint density at radius 1 is 1.11 bits per heavy atom. The van der Waals surface area contributed by atoms with Gasteiger partial charge in [-0.25, -0.2) is 0 Å². The third-order valence-electron chi connectivity index (χ3n) is 4.30. The van der Waals surface area contributed by atoms with Crippen LogP contribution in [0.25, 0.3) is 0 Å². The summed E-state index contributed by atoms with van der Waals surface area (Å²) in [7, 11) is 0. The number of hydrogen-bond acceptors (Lipinski definition) is 5. The molecule has 1 N–H and O–H groups in total. The smallest absolute Gasteiger partial charge is 0.273 e. The number of fused-ring (bicyclic) bond motifs is 1. The van der Waals surface area contributed by atoms with E-state index in [-0.39, 0.29) is 12.0 Å². The summed E-state index contributed by atoms with van der Waals surface area (Å²) in [4.78, 5) is 12.3. The van der Waals surface area contributed by atoms with Gasteiger partial charge in [-0.05, 0) is 24.1 Å². The van der Waals surface area contributed by atoms with E-state index in [0.717, 1.165) is 12.2 Å². The molecule has 0 saturated carbocycles. The minimum Gasteiger partial charge on any atom is -0.486 e. The van der Waals surface area contributed by atoms with Gasteiger partial charge < -0.3 is 14.8 Å². The number of aromatic nitrogens is 3. The fraction of sp³-hybridized carbons (Fsp3) is 0.250. The zero-order valence-corrected chi connectivity index (χ0v) is 14.7. The lowest BCUT2D eigenvalue weighted by atomic mass is 10.1. The topological polar surface area (TPSA) is 78.3 Å². The second kappa shape index (κ2) is 7.90. The minimum atomic E-state index is -0.275. The summed E-state index contributed by atoms with van der Waals surface area (Å²) in [5, 5.41) is 10.8. The van der Waals surface area contributed by atoms with E-state index in [0.29, 0.717) is 31.1 Å². The molecule has 2 aromatic carbocycles. The zero-order valence-electron chi connectivity index (χ0n) is 14.7. The maximum absolute atomic E-state index is 12.3. The molecule has 1 amide bonds. The molecular formula is C20H20N4O3. The molecule has 3 aromatic rings. The van der Waals surface area contributed by atoms with Crippen molar-refractivity contribution in [3.05, 3.63) is 72.1 Å². The maximum atomic E-state index is 12.3. The van der Waals surface area contributed by atoms with Gasteiger partial charge in [0, 0.05) is 6.54 Å². The Labute approximate surface area is 156 Å². The normalized spacial score (nSPS) is 15.3. The molecule has 1 aromatic heterocycles. The van der Waals surface area contributed by atoms with Gasteiger partial charge in [0.15, 0.2) is 17.2 Å². The van der Waals surface area contributed by atoms with Crippen molar-refractivity contribution in [2.45, 2.75) is 19.1 Å². The molecule has 0 aliphatic carbocycles. The van der Waals surface area contributed by atoms with Crippen LogP contribution in [-0.4, -0.2) is 40.2 Å². The molecule has 1 unspecified atom stereocenters. The zero-order chi connectivity index (χ0) is 18.5. The second-order valence-corrected chi connectivity index (χ2v) is 6.31. The summed E-state index contributed by atoms with van der Waals surface area (Å²) in [6.07, 6.45) is 2.25. The van der Waals surface area contributed by atoms with Gasteiger partial charge in [0.25, 0.3) is 5.91 Å². The third-order valence-corrected chi connectivity index (χ3v) is 4.30. The van der Waals surface area contributed by atoms with Crippen LogP contribution >= 0.6 is 0 Å². The Balaban J connectivity index is 1.27. The van der Waals surface area contributed by atoms with Crippen molar-refractivity contribution < 1.29 is 14.3 Å². The lowest BCUT2D eigenvalue weighted by molar-refractivity contribution is 0.0786. The fourth-order valence-corrected chi connectivity index (χ4v) is 2.86. The van der Waals surface area contributed by atoms with Crippen molar-refractivity contribution in [2.75, 3.05) is 13.2 Å². The molecule has 7 heteroatoms. The lowest BCUT2D eigenvalue weighted by Crippen LogP contribution is -2.40. The van der Waals surface area contributed by atoms with Gasteiger partial charge in [0.2, 0.25) is 0 Å². The summed E-state index contributed by atoms with van der Waals surface area (Å²) in [6, 6.07) is 17.6. The van der Waals surface area contributed by atoms with Crippen molar-refractivity contribution >= 4 is 5.91 Å². The van der Waals surface area contributed by atoms with Crippen molar-refractivity contribution in [3.8, 4) is 11.5 Å². The molecule has 0 saturated heterocycles. The van der Waals surface area contributed by atoms with Gasteiger partial charge in [-0.15, -0.1) is 5.10 Å². The molecule has 2 heterocycles. The monoisotopic (exact) mass is 364 g/mol. The van der Waals surface area contributed by atoms with Crippen molar-refractivity contribution in [1.29, 1.82) is 0 Å². The average Bonchev–Trinajstić information content (AvgIpc) is 3.20. The maximum Gasteiger partial charge on any atom is 0.273 e. The molecule has 7 nitrogen and oxygen atoms in total. The number of carbonyl (C=O) groups is 1. The van der Waals surface area contributed by atoms with E-state index in [9.17, 15) is 4.79 Å². The van der Waals surface area contributed by atoms with Crippen molar-refractivity contribution in [3.63, 3.8) is 0 Å². The first-order valence-corrected chi connectivity index (χ1v) is 8.89. The van der Waals surface area contributed by atoms with Crippen molar-refractivity contribution in [2.24, 2.45) is 0 Å². The summed E-state index contributed by atoms with van der Waals surface area (Å²) in [6.45, 7) is 1.39. The number of rotatable bonds is 6. The SMILES string of the molecule is O=C(NCC1COc2ccccc2O1)c1cn(CCc2ccccc2)nn1. The highest BCUT2D eigenvalue weighted by molar-refractivity contribution is 5.91. The van der Waals surface area contributed by atoms with Crippen LogP contribution in [0, 0.1) is 0 Å². The Hall–Kier alpha value is -3.35. The largest absolute Gasteiger partial charge is 0.486 e. The number of benzene rings is 2. The number of carbonyl (C=O) groups excluding carboxylic acids is 1. The van der Waals surface area contributed by atoms with Crippen LogP contribution in [0.15, 0.2) is 60.8 Å². The summed E-state index contributed by atoms with van der Waals surface area (Å²) < 4.78 is 13.2. The summed E-state index contributed by atoms with van der Waals surface area (Å²) in [5.41, 5.74) is 1.51. The van der Waals surface area contributed by atoms with Gasteiger partial charge in [0.05, 0.1) is 12.7 Å². The van der Waals surface area contributed by atoms with E-state index in [2.05, 4.69) is 27.8 Å². The van der Waals surface area contributed by atoms with Crippen LogP contribution in [0.2, 0.25) is 0 Å². The number of ether oxygens (including phenoxy) is 2. The first kappa shape index (κ1) is 17.1. The van der Waals surface area contributed by atoms with E-state index >= 15 is 0 Å². The molecule has 1 aliphatic rings. The minimum absolute atomic E-state index is 0.239. The summed E-state index contributed by atoms with van der Waals surface area (Å²) >= 11 is 0. The Morgan fingerprint density at radius 2 is 1.89 bits per heavy atom. The predicted molar refractivity (Wildman–Crippen MR) is 98.9 cm³/mol. The van der Waals surface area contributed by atoms with Crippen LogP contribution in [-0.2, 0) is 13.0 Å². The summed E-state index contributed by atoms with van der Waals surface area (Å²) in [5.74, 6) is 1.14. The number of nitrogens with zero attached hydrogens (tertiary/aromatic N) is 3. The van der Waals surface area contributed by atoms with Crippen LogP contribution in [0.5, 0.6) is 11.5 Å². The second-order valence-electron chi connectivity index (χ2n) is 6.31. The van der Waals surface area contributed by atoms with Crippen LogP contribution < -0.4 is 14.8 Å². The first-order valence-electron chi connectivity index (χ1n) is 8.89. The molecule has 1 aliphatic heterocycles. The molecule has 0 fully saturated rings. The van der Waals surface area contributed by atoms with E-state index in [1.807, 2.05) is 42.5 Å². The van der Waals surface area contributed by atoms with Crippen LogP contribution in [0.3, 0.4) is 0 Å². The Morgan fingerprint density at radius 3 is 2.74 bits per heavy atom. The molecule has 138 valence electrons. The number of hydrogen-bond donors (Lipinski definition) is 1. The average molecular weight is 364 g/mol. The highest BCUT2D eigenvalue weighted by atomic mass is 16.6. The quantitative estimate of drug-likeness (QED) is 0.725. The molecule has 0 radical (unpaired) electrons. The molecular weight excluding hydrogens is 344 g/mol. The van der Waals surface area contributed by atoms with Gasteiger partial charge in [-0.2, -0.15) is 0 Å². The molecule has 4 rings (SSSR count). The third kappa shape index (κ3) is 4.25. The molecule has 0 bridgehead atoms. The highest BCUT2D eigenvalue weighted by Gasteiger charge is 2.21. The standard InChI is InChI=1S/C20H20N4O3/c25-20(21-12-16-14-26-18-8-4-5-9-19(18)27-16)17-13-24(23-22-17)11-10-15-6-2-1-3-7-15/h1-9,13,16H,10-12,14H2,(H,21,25). The lowest BCUT2D eigenvalue weighted by Gasteiger charge is -2.26. The number of para-hydroxylation sites is 2. The number of amides is 1. The Bertz CT molecular complexity index is 910. The highest BCUT2D eigenvalue weighted by Crippen LogP contribution is 2.30. The van der Waals surface area contributed by atoms with E-state index < -0.39 is 0 Å². The van der Waals surface area contributed by atoms with E-state index in [1.54, 1.807) is 10.9 Å².